The summed E-state index contributed by atoms with van der Waals surface area (Å²) in [6.07, 6.45) is -5.18. The molecule has 1 aliphatic rings. The third-order valence-corrected chi connectivity index (χ3v) is 3.42. The van der Waals surface area contributed by atoms with E-state index in [0.29, 0.717) is 19.5 Å². The molecule has 2 atom stereocenters. The fourth-order valence-corrected chi connectivity index (χ4v) is 2.48. The zero-order valence-electron chi connectivity index (χ0n) is 12.6. The van der Waals surface area contributed by atoms with Gasteiger partial charge in [-0.05, 0) is 37.0 Å². The molecule has 1 saturated heterocycles. The van der Waals surface area contributed by atoms with Gasteiger partial charge in [-0.2, -0.15) is 0 Å². The van der Waals surface area contributed by atoms with E-state index >= 15 is 0 Å². The maximum atomic E-state index is 12.1. The van der Waals surface area contributed by atoms with Crippen LogP contribution >= 0.6 is 0 Å². The van der Waals surface area contributed by atoms with Crippen molar-refractivity contribution in [3.05, 3.63) is 29.8 Å². The SMILES string of the molecule is CCOC(=O)OC1CNCC(c2ccc(OC(F)(F)F)cc2)C1. The molecule has 0 saturated carbocycles. The molecular weight excluding hydrogens is 315 g/mol. The van der Waals surface area contributed by atoms with Crippen molar-refractivity contribution in [1.29, 1.82) is 0 Å². The highest BCUT2D eigenvalue weighted by Crippen LogP contribution is 2.28. The maximum Gasteiger partial charge on any atom is 0.573 e. The Morgan fingerprint density at radius 1 is 1.26 bits per heavy atom. The van der Waals surface area contributed by atoms with Gasteiger partial charge in [-0.1, -0.05) is 12.1 Å². The van der Waals surface area contributed by atoms with Crippen LogP contribution in [0.5, 0.6) is 5.75 Å². The number of hydrogen-bond acceptors (Lipinski definition) is 5. The zero-order chi connectivity index (χ0) is 16.9. The van der Waals surface area contributed by atoms with Gasteiger partial charge >= 0.3 is 12.5 Å². The number of halogens is 3. The normalized spacial score (nSPS) is 21.6. The second kappa shape index (κ2) is 7.54. The lowest BCUT2D eigenvalue weighted by Gasteiger charge is -2.29. The number of piperidine rings is 1. The summed E-state index contributed by atoms with van der Waals surface area (Å²) in [5.41, 5.74) is 0.851. The van der Waals surface area contributed by atoms with Crippen LogP contribution in [0.4, 0.5) is 18.0 Å². The van der Waals surface area contributed by atoms with Crippen LogP contribution < -0.4 is 10.1 Å². The molecule has 0 bridgehead atoms. The number of carbonyl (C=O) groups is 1. The van der Waals surface area contributed by atoms with Gasteiger partial charge in [0.15, 0.2) is 0 Å². The first-order valence-corrected chi connectivity index (χ1v) is 7.27. The van der Waals surface area contributed by atoms with Crippen LogP contribution in [0, 0.1) is 0 Å². The third-order valence-electron chi connectivity index (χ3n) is 3.42. The molecule has 0 aliphatic carbocycles. The molecule has 1 aromatic carbocycles. The molecule has 5 nitrogen and oxygen atoms in total. The van der Waals surface area contributed by atoms with E-state index in [-0.39, 0.29) is 24.4 Å². The van der Waals surface area contributed by atoms with E-state index in [4.69, 9.17) is 9.47 Å². The van der Waals surface area contributed by atoms with Gasteiger partial charge < -0.3 is 19.5 Å². The molecule has 0 spiro atoms. The Balaban J connectivity index is 1.94. The second-order valence-electron chi connectivity index (χ2n) is 5.13. The van der Waals surface area contributed by atoms with Crippen molar-refractivity contribution in [2.45, 2.75) is 31.7 Å². The van der Waals surface area contributed by atoms with E-state index in [2.05, 4.69) is 10.1 Å². The molecule has 128 valence electrons. The first kappa shape index (κ1) is 17.4. The molecule has 1 aliphatic heterocycles. The van der Waals surface area contributed by atoms with E-state index in [0.717, 1.165) is 5.56 Å². The number of carbonyl (C=O) groups excluding carboxylic acids is 1. The zero-order valence-corrected chi connectivity index (χ0v) is 12.6. The van der Waals surface area contributed by atoms with Crippen molar-refractivity contribution >= 4 is 6.16 Å². The summed E-state index contributed by atoms with van der Waals surface area (Å²) in [7, 11) is 0. The Morgan fingerprint density at radius 3 is 2.57 bits per heavy atom. The largest absolute Gasteiger partial charge is 0.573 e. The molecular formula is C15H18F3NO4. The molecule has 1 heterocycles. The first-order chi connectivity index (χ1) is 10.9. The van der Waals surface area contributed by atoms with Crippen LogP contribution in [0.15, 0.2) is 24.3 Å². The van der Waals surface area contributed by atoms with Gasteiger partial charge in [0.05, 0.1) is 6.61 Å². The Kier molecular flexibility index (Phi) is 5.70. The van der Waals surface area contributed by atoms with Gasteiger partial charge in [0.1, 0.15) is 11.9 Å². The average molecular weight is 333 g/mol. The van der Waals surface area contributed by atoms with Gasteiger partial charge in [-0.15, -0.1) is 13.2 Å². The Morgan fingerprint density at radius 2 is 1.96 bits per heavy atom. The van der Waals surface area contributed by atoms with E-state index in [1.807, 2.05) is 0 Å². The highest BCUT2D eigenvalue weighted by molar-refractivity contribution is 5.60. The van der Waals surface area contributed by atoms with Crippen LogP contribution in [0.3, 0.4) is 0 Å². The summed E-state index contributed by atoms with van der Waals surface area (Å²) in [6, 6.07) is 5.72. The van der Waals surface area contributed by atoms with Crippen molar-refractivity contribution in [3.63, 3.8) is 0 Å². The van der Waals surface area contributed by atoms with Crippen LogP contribution in [-0.2, 0) is 9.47 Å². The fourth-order valence-electron chi connectivity index (χ4n) is 2.48. The summed E-state index contributed by atoms with van der Waals surface area (Å²) in [4.78, 5) is 11.3. The monoisotopic (exact) mass is 333 g/mol. The van der Waals surface area contributed by atoms with Crippen LogP contribution in [-0.4, -0.2) is 38.3 Å². The first-order valence-electron chi connectivity index (χ1n) is 7.27. The van der Waals surface area contributed by atoms with Crippen LogP contribution in [0.25, 0.3) is 0 Å². The Hall–Kier alpha value is -1.96. The molecule has 1 N–H and O–H groups in total. The summed E-state index contributed by atoms with van der Waals surface area (Å²) in [6.45, 7) is 3.10. The summed E-state index contributed by atoms with van der Waals surface area (Å²) in [5, 5.41) is 3.14. The van der Waals surface area contributed by atoms with E-state index in [1.165, 1.54) is 12.1 Å². The van der Waals surface area contributed by atoms with Crippen LogP contribution in [0.2, 0.25) is 0 Å². The number of rotatable bonds is 4. The summed E-state index contributed by atoms with van der Waals surface area (Å²) >= 11 is 0. The minimum absolute atomic E-state index is 0.0307. The Bertz CT molecular complexity index is 518. The van der Waals surface area contributed by atoms with Gasteiger partial charge in [-0.25, -0.2) is 4.79 Å². The number of benzene rings is 1. The average Bonchev–Trinajstić information content (AvgIpc) is 2.47. The molecule has 0 radical (unpaired) electrons. The van der Waals surface area contributed by atoms with Crippen molar-refractivity contribution in [2.75, 3.05) is 19.7 Å². The van der Waals surface area contributed by atoms with Gasteiger partial charge in [0.25, 0.3) is 0 Å². The van der Waals surface area contributed by atoms with E-state index in [9.17, 15) is 18.0 Å². The molecule has 2 rings (SSSR count). The van der Waals surface area contributed by atoms with Gasteiger partial charge in [-0.3, -0.25) is 0 Å². The molecule has 0 aromatic heterocycles. The molecule has 8 heteroatoms. The number of nitrogens with one attached hydrogen (secondary N) is 1. The summed E-state index contributed by atoms with van der Waals surface area (Å²) < 4.78 is 50.2. The highest BCUT2D eigenvalue weighted by atomic mass is 19.4. The van der Waals surface area contributed by atoms with Crippen molar-refractivity contribution in [1.82, 2.24) is 5.32 Å². The molecule has 2 unspecified atom stereocenters. The standard InChI is InChI=1S/C15H18F3NO4/c1-2-21-14(20)22-13-7-11(8-19-9-13)10-3-5-12(6-4-10)23-15(16,17)18/h3-6,11,13,19H,2,7-9H2,1H3. The third kappa shape index (κ3) is 5.63. The fraction of sp³-hybridized carbons (Fsp3) is 0.533. The predicted molar refractivity (Wildman–Crippen MR) is 75.2 cm³/mol. The number of ether oxygens (including phenoxy) is 3. The topological polar surface area (TPSA) is 56.8 Å². The van der Waals surface area contributed by atoms with Crippen molar-refractivity contribution in [3.8, 4) is 5.75 Å². The van der Waals surface area contributed by atoms with Crippen molar-refractivity contribution < 1.29 is 32.2 Å². The highest BCUT2D eigenvalue weighted by Gasteiger charge is 2.31. The van der Waals surface area contributed by atoms with Gasteiger partial charge in [0, 0.05) is 13.1 Å². The molecule has 0 amide bonds. The van der Waals surface area contributed by atoms with E-state index < -0.39 is 12.5 Å². The number of alkyl halides is 3. The molecule has 1 aromatic rings. The van der Waals surface area contributed by atoms with Crippen LogP contribution in [0.1, 0.15) is 24.8 Å². The molecule has 1 fully saturated rings. The van der Waals surface area contributed by atoms with Crippen molar-refractivity contribution in [2.24, 2.45) is 0 Å². The minimum Gasteiger partial charge on any atom is -0.435 e. The smallest absolute Gasteiger partial charge is 0.435 e. The lowest BCUT2D eigenvalue weighted by molar-refractivity contribution is -0.274. The summed E-state index contributed by atoms with van der Waals surface area (Å²) in [5.74, 6) is -0.229. The van der Waals surface area contributed by atoms with E-state index in [1.54, 1.807) is 19.1 Å². The quantitative estimate of drug-likeness (QED) is 0.858. The molecule has 23 heavy (non-hydrogen) atoms. The maximum absolute atomic E-state index is 12.1. The second-order valence-corrected chi connectivity index (χ2v) is 5.13. The lowest BCUT2D eigenvalue weighted by atomic mass is 9.90. The minimum atomic E-state index is -4.70. The van der Waals surface area contributed by atoms with Gasteiger partial charge in [0.2, 0.25) is 0 Å². The predicted octanol–water partition coefficient (Wildman–Crippen LogP) is 3.20. The number of hydrogen-bond donors (Lipinski definition) is 1. The Labute approximate surface area is 131 Å². The lowest BCUT2D eigenvalue weighted by Crippen LogP contribution is -2.40.